The number of aromatic nitrogens is 1. The molecular formula is C16H21BrN2S2. The normalized spacial score (nSPS) is 11.0. The lowest BCUT2D eigenvalue weighted by molar-refractivity contribution is 0.723. The number of nitrogens with one attached hydrogen (secondary N) is 1. The summed E-state index contributed by atoms with van der Waals surface area (Å²) < 4.78 is 1.16. The molecule has 1 heterocycles. The topological polar surface area (TPSA) is 24.9 Å². The minimum Gasteiger partial charge on any atom is -0.312 e. The third-order valence-electron chi connectivity index (χ3n) is 3.03. The van der Waals surface area contributed by atoms with Gasteiger partial charge >= 0.3 is 0 Å². The van der Waals surface area contributed by atoms with E-state index < -0.39 is 0 Å². The highest BCUT2D eigenvalue weighted by molar-refractivity contribution is 9.10. The number of aryl methyl sites for hydroxylation is 1. The molecule has 2 aromatic rings. The summed E-state index contributed by atoms with van der Waals surface area (Å²) >= 11 is 7.30. The van der Waals surface area contributed by atoms with Crippen LogP contribution in [0, 0.1) is 0 Å². The van der Waals surface area contributed by atoms with Crippen LogP contribution in [-0.2, 0) is 18.7 Å². The van der Waals surface area contributed by atoms with Crippen molar-refractivity contribution in [2.75, 3.05) is 6.54 Å². The van der Waals surface area contributed by atoms with Crippen LogP contribution in [0.5, 0.6) is 0 Å². The first kappa shape index (κ1) is 17.0. The van der Waals surface area contributed by atoms with Crippen molar-refractivity contribution in [1.82, 2.24) is 10.3 Å². The maximum absolute atomic E-state index is 4.84. The van der Waals surface area contributed by atoms with E-state index in [2.05, 4.69) is 53.3 Å². The molecule has 0 fully saturated rings. The average Bonchev–Trinajstić information content (AvgIpc) is 2.87. The molecule has 0 aliphatic heterocycles. The maximum Gasteiger partial charge on any atom is 0.103 e. The standard InChI is InChI=1S/C16H21BrN2S2/c1-3-7-13-15(10-18-4-2)21-16(19-13)11-20-14-9-6-5-8-12(14)17/h5-6,8-9,18H,3-4,7,10-11H2,1-2H3. The lowest BCUT2D eigenvalue weighted by atomic mass is 10.2. The second kappa shape index (κ2) is 8.93. The van der Waals surface area contributed by atoms with Crippen LogP contribution >= 0.6 is 39.0 Å². The van der Waals surface area contributed by atoms with Crippen molar-refractivity contribution in [2.24, 2.45) is 0 Å². The Labute approximate surface area is 143 Å². The maximum atomic E-state index is 4.84. The summed E-state index contributed by atoms with van der Waals surface area (Å²) in [5.74, 6) is 0.941. The van der Waals surface area contributed by atoms with Crippen molar-refractivity contribution in [3.05, 3.63) is 44.3 Å². The van der Waals surface area contributed by atoms with Crippen LogP contribution < -0.4 is 5.32 Å². The molecule has 0 saturated heterocycles. The van der Waals surface area contributed by atoms with Crippen molar-refractivity contribution in [3.63, 3.8) is 0 Å². The van der Waals surface area contributed by atoms with Crippen LogP contribution in [0.2, 0.25) is 0 Å². The van der Waals surface area contributed by atoms with Gasteiger partial charge in [0.15, 0.2) is 0 Å². The van der Waals surface area contributed by atoms with Crippen molar-refractivity contribution >= 4 is 39.0 Å². The SMILES string of the molecule is CCCc1nc(CSc2ccccc2Br)sc1CNCC. The largest absolute Gasteiger partial charge is 0.312 e. The first-order valence-corrected chi connectivity index (χ1v) is 9.89. The zero-order valence-electron chi connectivity index (χ0n) is 12.5. The summed E-state index contributed by atoms with van der Waals surface area (Å²) in [6.45, 7) is 6.31. The lowest BCUT2D eigenvalue weighted by Crippen LogP contribution is -2.11. The van der Waals surface area contributed by atoms with E-state index in [-0.39, 0.29) is 0 Å². The van der Waals surface area contributed by atoms with E-state index in [4.69, 9.17) is 4.98 Å². The van der Waals surface area contributed by atoms with Gasteiger partial charge in [0.1, 0.15) is 5.01 Å². The minimum absolute atomic E-state index is 0.941. The van der Waals surface area contributed by atoms with Gasteiger partial charge in [-0.3, -0.25) is 0 Å². The molecule has 0 spiro atoms. The Morgan fingerprint density at radius 3 is 2.81 bits per heavy atom. The van der Waals surface area contributed by atoms with E-state index in [1.807, 2.05) is 29.2 Å². The van der Waals surface area contributed by atoms with E-state index in [1.54, 1.807) is 0 Å². The molecule has 0 aliphatic rings. The predicted molar refractivity (Wildman–Crippen MR) is 97.2 cm³/mol. The highest BCUT2D eigenvalue weighted by Crippen LogP contribution is 2.31. The molecule has 0 unspecified atom stereocenters. The smallest absolute Gasteiger partial charge is 0.103 e. The first-order valence-electron chi connectivity index (χ1n) is 7.30. The fraction of sp³-hybridized carbons (Fsp3) is 0.438. The van der Waals surface area contributed by atoms with Crippen molar-refractivity contribution in [1.29, 1.82) is 0 Å². The molecule has 114 valence electrons. The van der Waals surface area contributed by atoms with Gasteiger partial charge in [-0.15, -0.1) is 23.1 Å². The molecule has 0 saturated carbocycles. The van der Waals surface area contributed by atoms with Gasteiger partial charge in [0.05, 0.1) is 11.4 Å². The summed E-state index contributed by atoms with van der Waals surface area (Å²) in [5.41, 5.74) is 1.28. The van der Waals surface area contributed by atoms with Gasteiger partial charge in [-0.2, -0.15) is 0 Å². The van der Waals surface area contributed by atoms with E-state index in [9.17, 15) is 0 Å². The number of nitrogens with zero attached hydrogens (tertiary/aromatic N) is 1. The molecule has 0 aliphatic carbocycles. The lowest BCUT2D eigenvalue weighted by Gasteiger charge is -2.01. The van der Waals surface area contributed by atoms with Gasteiger partial charge in [0.25, 0.3) is 0 Å². The van der Waals surface area contributed by atoms with Crippen LogP contribution in [0.25, 0.3) is 0 Å². The number of benzene rings is 1. The quantitative estimate of drug-likeness (QED) is 0.628. The van der Waals surface area contributed by atoms with Crippen molar-refractivity contribution in [2.45, 2.75) is 43.9 Å². The molecule has 1 aromatic carbocycles. The Kier molecular flexibility index (Phi) is 7.23. The molecular weight excluding hydrogens is 364 g/mol. The van der Waals surface area contributed by atoms with Gasteiger partial charge < -0.3 is 5.32 Å². The Bertz CT molecular complexity index is 569. The number of halogens is 1. The van der Waals surface area contributed by atoms with Gasteiger partial charge in [-0.05, 0) is 41.0 Å². The number of thioether (sulfide) groups is 1. The van der Waals surface area contributed by atoms with E-state index in [0.29, 0.717) is 0 Å². The summed E-state index contributed by atoms with van der Waals surface area (Å²) in [4.78, 5) is 7.52. The van der Waals surface area contributed by atoms with E-state index in [0.717, 1.165) is 36.2 Å². The molecule has 0 atom stereocenters. The van der Waals surface area contributed by atoms with Crippen LogP contribution in [0.1, 0.15) is 35.8 Å². The van der Waals surface area contributed by atoms with Gasteiger partial charge in [-0.25, -0.2) is 4.98 Å². The molecule has 1 aromatic heterocycles. The first-order chi connectivity index (χ1) is 10.2. The second-order valence-electron chi connectivity index (χ2n) is 4.73. The average molecular weight is 385 g/mol. The number of hydrogen-bond acceptors (Lipinski definition) is 4. The fourth-order valence-corrected chi connectivity index (χ4v) is 4.65. The van der Waals surface area contributed by atoms with Crippen LogP contribution in [-0.4, -0.2) is 11.5 Å². The summed E-state index contributed by atoms with van der Waals surface area (Å²) in [5, 5.41) is 4.64. The van der Waals surface area contributed by atoms with Gasteiger partial charge in [0.2, 0.25) is 0 Å². The van der Waals surface area contributed by atoms with E-state index >= 15 is 0 Å². The summed E-state index contributed by atoms with van der Waals surface area (Å²) in [7, 11) is 0. The Hall–Kier alpha value is -0.360. The van der Waals surface area contributed by atoms with E-state index in [1.165, 1.54) is 20.5 Å². The molecule has 0 radical (unpaired) electrons. The van der Waals surface area contributed by atoms with Crippen LogP contribution in [0.4, 0.5) is 0 Å². The predicted octanol–water partition coefficient (Wildman–Crippen LogP) is 5.26. The zero-order chi connectivity index (χ0) is 15.1. The second-order valence-corrected chi connectivity index (χ2v) is 7.77. The molecule has 2 rings (SSSR count). The summed E-state index contributed by atoms with van der Waals surface area (Å²) in [6, 6.07) is 8.36. The monoisotopic (exact) mass is 384 g/mol. The number of hydrogen-bond donors (Lipinski definition) is 1. The van der Waals surface area contributed by atoms with Crippen LogP contribution in [0.3, 0.4) is 0 Å². The Balaban J connectivity index is 2.04. The van der Waals surface area contributed by atoms with Crippen molar-refractivity contribution in [3.8, 4) is 0 Å². The van der Waals surface area contributed by atoms with Gasteiger partial charge in [0, 0.05) is 20.8 Å². The van der Waals surface area contributed by atoms with Crippen LogP contribution in [0.15, 0.2) is 33.6 Å². The highest BCUT2D eigenvalue weighted by Gasteiger charge is 2.11. The molecule has 1 N–H and O–H groups in total. The Morgan fingerprint density at radius 2 is 2.10 bits per heavy atom. The van der Waals surface area contributed by atoms with Crippen molar-refractivity contribution < 1.29 is 0 Å². The minimum atomic E-state index is 0.941. The molecule has 2 nitrogen and oxygen atoms in total. The molecule has 0 bridgehead atoms. The third-order valence-corrected chi connectivity index (χ3v) is 6.35. The van der Waals surface area contributed by atoms with Gasteiger partial charge in [-0.1, -0.05) is 32.4 Å². The molecule has 5 heteroatoms. The summed E-state index contributed by atoms with van der Waals surface area (Å²) in [6.07, 6.45) is 2.23. The fourth-order valence-electron chi connectivity index (χ4n) is 2.01. The molecule has 0 amide bonds. The Morgan fingerprint density at radius 1 is 1.29 bits per heavy atom. The zero-order valence-corrected chi connectivity index (χ0v) is 15.7. The molecule has 21 heavy (non-hydrogen) atoms. The third kappa shape index (κ3) is 5.09. The number of thiazole rings is 1. The highest BCUT2D eigenvalue weighted by atomic mass is 79.9. The number of rotatable bonds is 8.